The van der Waals surface area contributed by atoms with Crippen LogP contribution in [0.4, 0.5) is 5.69 Å². The topological polar surface area (TPSA) is 74.8 Å². The van der Waals surface area contributed by atoms with Crippen molar-refractivity contribution in [2.45, 2.75) is 33.4 Å². The Bertz CT molecular complexity index is 811. The first-order valence-corrected chi connectivity index (χ1v) is 9.53. The van der Waals surface area contributed by atoms with Crippen LogP contribution in [0.5, 0.6) is 5.75 Å². The number of hydrogen-bond acceptors (Lipinski definition) is 3. The Morgan fingerprint density at radius 3 is 2.28 bits per heavy atom. The zero-order valence-electron chi connectivity index (χ0n) is 17.5. The lowest BCUT2D eigenvalue weighted by atomic mass is 10.1. The van der Waals surface area contributed by atoms with Crippen LogP contribution in [0.15, 0.2) is 53.5 Å². The second kappa shape index (κ2) is 13.0. The van der Waals surface area contributed by atoms with Crippen molar-refractivity contribution in [3.63, 3.8) is 0 Å². The zero-order valence-corrected chi connectivity index (χ0v) is 19.8. The van der Waals surface area contributed by atoms with E-state index in [0.29, 0.717) is 19.0 Å². The SMILES string of the molecule is CCC(C)C(=O)Nc1cccc(CNC(=NC)NCc2cccc(OC)c2)c1.I. The number of aliphatic imine (C=N–C) groups is 1. The van der Waals surface area contributed by atoms with Gasteiger partial charge in [0, 0.05) is 31.7 Å². The molecule has 2 aromatic carbocycles. The maximum Gasteiger partial charge on any atom is 0.227 e. The number of methoxy groups -OCH3 is 1. The number of ether oxygens (including phenoxy) is 1. The Hall–Kier alpha value is -2.29. The fourth-order valence-corrected chi connectivity index (χ4v) is 2.58. The Morgan fingerprint density at radius 2 is 1.69 bits per heavy atom. The van der Waals surface area contributed by atoms with Gasteiger partial charge in [0.2, 0.25) is 5.91 Å². The van der Waals surface area contributed by atoms with Gasteiger partial charge in [0.25, 0.3) is 0 Å². The van der Waals surface area contributed by atoms with Gasteiger partial charge >= 0.3 is 0 Å². The molecule has 158 valence electrons. The zero-order chi connectivity index (χ0) is 20.4. The summed E-state index contributed by atoms with van der Waals surface area (Å²) in [5, 5.41) is 9.55. The normalized spacial score (nSPS) is 11.8. The predicted octanol–water partition coefficient (Wildman–Crippen LogP) is 4.16. The Kier molecular flexibility index (Phi) is 11.1. The molecule has 0 radical (unpaired) electrons. The van der Waals surface area contributed by atoms with Crippen molar-refractivity contribution in [3.8, 4) is 5.75 Å². The van der Waals surface area contributed by atoms with E-state index in [9.17, 15) is 4.79 Å². The van der Waals surface area contributed by atoms with Gasteiger partial charge in [0.05, 0.1) is 7.11 Å². The van der Waals surface area contributed by atoms with Crippen molar-refractivity contribution in [1.82, 2.24) is 10.6 Å². The summed E-state index contributed by atoms with van der Waals surface area (Å²) in [4.78, 5) is 16.3. The minimum Gasteiger partial charge on any atom is -0.497 e. The molecule has 7 heteroatoms. The molecule has 0 aliphatic rings. The number of rotatable bonds is 8. The maximum absolute atomic E-state index is 12.1. The Balaban J connectivity index is 0.00000420. The minimum absolute atomic E-state index is 0. The third-order valence-corrected chi connectivity index (χ3v) is 4.53. The molecular formula is C22H31IN4O2. The van der Waals surface area contributed by atoms with Crippen molar-refractivity contribution >= 4 is 41.5 Å². The van der Waals surface area contributed by atoms with Gasteiger partial charge in [0.1, 0.15) is 5.75 Å². The lowest BCUT2D eigenvalue weighted by molar-refractivity contribution is -0.119. The van der Waals surface area contributed by atoms with Crippen molar-refractivity contribution in [3.05, 3.63) is 59.7 Å². The maximum atomic E-state index is 12.1. The van der Waals surface area contributed by atoms with Crippen LogP contribution in [0.25, 0.3) is 0 Å². The van der Waals surface area contributed by atoms with Gasteiger partial charge in [-0.2, -0.15) is 0 Å². The highest BCUT2D eigenvalue weighted by atomic mass is 127. The summed E-state index contributed by atoms with van der Waals surface area (Å²) in [5.41, 5.74) is 2.98. The summed E-state index contributed by atoms with van der Waals surface area (Å²) >= 11 is 0. The number of nitrogens with one attached hydrogen (secondary N) is 3. The van der Waals surface area contributed by atoms with Gasteiger partial charge in [-0.3, -0.25) is 9.79 Å². The van der Waals surface area contributed by atoms with Crippen LogP contribution in [0, 0.1) is 5.92 Å². The van der Waals surface area contributed by atoms with E-state index in [2.05, 4.69) is 20.9 Å². The number of amides is 1. The van der Waals surface area contributed by atoms with E-state index in [1.54, 1.807) is 14.2 Å². The van der Waals surface area contributed by atoms with Gasteiger partial charge in [-0.15, -0.1) is 24.0 Å². The molecule has 0 aromatic heterocycles. The molecular weight excluding hydrogens is 479 g/mol. The summed E-state index contributed by atoms with van der Waals surface area (Å²) in [7, 11) is 3.40. The summed E-state index contributed by atoms with van der Waals surface area (Å²) in [6, 6.07) is 15.7. The molecule has 0 fully saturated rings. The number of guanidine groups is 1. The van der Waals surface area contributed by atoms with Crippen LogP contribution in [0.2, 0.25) is 0 Å². The van der Waals surface area contributed by atoms with Crippen LogP contribution in [0.3, 0.4) is 0 Å². The summed E-state index contributed by atoms with van der Waals surface area (Å²) in [5.74, 6) is 1.58. The fraction of sp³-hybridized carbons (Fsp3) is 0.364. The standard InChI is InChI=1S/C22H30N4O2.HI/c1-5-16(2)21(27)26-19-10-6-8-17(12-19)14-24-22(23-3)25-15-18-9-7-11-20(13-18)28-4;/h6-13,16H,5,14-15H2,1-4H3,(H,26,27)(H2,23,24,25);1H. The van der Waals surface area contributed by atoms with Gasteiger partial charge in [0.15, 0.2) is 5.96 Å². The van der Waals surface area contributed by atoms with Gasteiger partial charge in [-0.05, 0) is 41.8 Å². The summed E-state index contributed by atoms with van der Waals surface area (Å²) in [6.45, 7) is 5.18. The van der Waals surface area contributed by atoms with Crippen LogP contribution >= 0.6 is 24.0 Å². The molecule has 2 aromatic rings. The third-order valence-electron chi connectivity index (χ3n) is 4.53. The van der Waals surface area contributed by atoms with Crippen molar-refractivity contribution in [2.24, 2.45) is 10.9 Å². The average molecular weight is 510 g/mol. The number of hydrogen-bond donors (Lipinski definition) is 3. The molecule has 2 rings (SSSR count). The molecule has 3 N–H and O–H groups in total. The van der Waals surface area contributed by atoms with E-state index >= 15 is 0 Å². The van der Waals surface area contributed by atoms with Crippen molar-refractivity contribution in [2.75, 3.05) is 19.5 Å². The predicted molar refractivity (Wildman–Crippen MR) is 130 cm³/mol. The molecule has 0 aliphatic heterocycles. The van der Waals surface area contributed by atoms with Gasteiger partial charge in [-0.1, -0.05) is 38.1 Å². The van der Waals surface area contributed by atoms with Gasteiger partial charge in [-0.25, -0.2) is 0 Å². The number of halogens is 1. The molecule has 0 saturated heterocycles. The molecule has 0 heterocycles. The van der Waals surface area contributed by atoms with E-state index in [4.69, 9.17) is 4.74 Å². The first-order valence-electron chi connectivity index (χ1n) is 9.53. The van der Waals surface area contributed by atoms with Gasteiger partial charge < -0.3 is 20.7 Å². The molecule has 1 atom stereocenters. The van der Waals surface area contributed by atoms with E-state index in [0.717, 1.165) is 29.0 Å². The molecule has 6 nitrogen and oxygen atoms in total. The van der Waals surface area contributed by atoms with Crippen LogP contribution < -0.4 is 20.7 Å². The highest BCUT2D eigenvalue weighted by Crippen LogP contribution is 2.14. The molecule has 0 aliphatic carbocycles. The number of carbonyl (C=O) groups is 1. The summed E-state index contributed by atoms with van der Waals surface area (Å²) < 4.78 is 5.25. The Labute approximate surface area is 190 Å². The van der Waals surface area contributed by atoms with E-state index in [1.807, 2.05) is 62.4 Å². The Morgan fingerprint density at radius 1 is 1.07 bits per heavy atom. The molecule has 29 heavy (non-hydrogen) atoms. The monoisotopic (exact) mass is 510 g/mol. The first-order chi connectivity index (χ1) is 13.5. The van der Waals surface area contributed by atoms with Crippen LogP contribution in [0.1, 0.15) is 31.4 Å². The van der Waals surface area contributed by atoms with Crippen molar-refractivity contribution < 1.29 is 9.53 Å². The second-order valence-electron chi connectivity index (χ2n) is 6.63. The average Bonchev–Trinajstić information content (AvgIpc) is 2.73. The lowest BCUT2D eigenvalue weighted by Crippen LogP contribution is -2.36. The number of anilines is 1. The van der Waals surface area contributed by atoms with Crippen LogP contribution in [-0.2, 0) is 17.9 Å². The molecule has 1 unspecified atom stereocenters. The number of carbonyl (C=O) groups excluding carboxylic acids is 1. The quantitative estimate of drug-likeness (QED) is 0.283. The van der Waals surface area contributed by atoms with Crippen LogP contribution in [-0.4, -0.2) is 26.0 Å². The molecule has 0 spiro atoms. The molecule has 1 amide bonds. The van der Waals surface area contributed by atoms with E-state index in [-0.39, 0.29) is 35.8 Å². The largest absolute Gasteiger partial charge is 0.497 e. The van der Waals surface area contributed by atoms with E-state index in [1.165, 1.54) is 0 Å². The smallest absolute Gasteiger partial charge is 0.227 e. The van der Waals surface area contributed by atoms with Crippen molar-refractivity contribution in [1.29, 1.82) is 0 Å². The fourth-order valence-electron chi connectivity index (χ4n) is 2.58. The second-order valence-corrected chi connectivity index (χ2v) is 6.63. The number of benzene rings is 2. The third kappa shape index (κ3) is 8.31. The number of nitrogens with zero attached hydrogens (tertiary/aromatic N) is 1. The highest BCUT2D eigenvalue weighted by molar-refractivity contribution is 14.0. The van der Waals surface area contributed by atoms with E-state index < -0.39 is 0 Å². The molecule has 0 saturated carbocycles. The molecule has 0 bridgehead atoms. The lowest BCUT2D eigenvalue weighted by Gasteiger charge is -2.14. The minimum atomic E-state index is 0. The highest BCUT2D eigenvalue weighted by Gasteiger charge is 2.10. The first kappa shape index (κ1) is 24.7. The summed E-state index contributed by atoms with van der Waals surface area (Å²) in [6.07, 6.45) is 0.822.